The number of hydrazine groups is 1. The summed E-state index contributed by atoms with van der Waals surface area (Å²) in [5.74, 6) is 6.32. The molecule has 3 N–H and O–H groups in total. The second-order valence-electron chi connectivity index (χ2n) is 4.66. The zero-order valence-corrected chi connectivity index (χ0v) is 10.9. The highest BCUT2D eigenvalue weighted by Gasteiger charge is 2.15. The van der Waals surface area contributed by atoms with Gasteiger partial charge in [-0.05, 0) is 37.7 Å². The second-order valence-corrected chi connectivity index (χ2v) is 4.66. The Bertz CT molecular complexity index is 400. The van der Waals surface area contributed by atoms with Gasteiger partial charge in [-0.2, -0.15) is 0 Å². The fourth-order valence-electron chi connectivity index (χ4n) is 2.36. The third kappa shape index (κ3) is 3.31. The van der Waals surface area contributed by atoms with Crippen molar-refractivity contribution in [3.05, 3.63) is 35.5 Å². The molecule has 0 saturated carbocycles. The van der Waals surface area contributed by atoms with Crippen LogP contribution in [0.1, 0.15) is 31.2 Å². The summed E-state index contributed by atoms with van der Waals surface area (Å²) < 4.78 is 5.05. The lowest BCUT2D eigenvalue weighted by atomic mass is 9.91. The van der Waals surface area contributed by atoms with Crippen molar-refractivity contribution >= 4 is 0 Å². The molecule has 4 nitrogen and oxygen atoms in total. The van der Waals surface area contributed by atoms with Crippen LogP contribution >= 0.6 is 0 Å². The summed E-state index contributed by atoms with van der Waals surface area (Å²) in [7, 11) is 1.62. The molecule has 1 aromatic heterocycles. The number of methoxy groups -OCH3 is 1. The molecule has 0 aromatic carbocycles. The van der Waals surface area contributed by atoms with Crippen LogP contribution < -0.4 is 16.0 Å². The van der Waals surface area contributed by atoms with E-state index in [2.05, 4.69) is 16.5 Å². The average Bonchev–Trinajstić information content (AvgIpc) is 2.46. The van der Waals surface area contributed by atoms with Gasteiger partial charge in [0.2, 0.25) is 5.88 Å². The predicted octanol–water partition coefficient (Wildman–Crippen LogP) is 1.96. The highest BCUT2D eigenvalue weighted by molar-refractivity contribution is 5.22. The molecule has 18 heavy (non-hydrogen) atoms. The number of ether oxygens (including phenoxy) is 1. The van der Waals surface area contributed by atoms with Gasteiger partial charge in [0.1, 0.15) is 0 Å². The molecule has 4 heteroatoms. The van der Waals surface area contributed by atoms with E-state index >= 15 is 0 Å². The lowest BCUT2D eigenvalue weighted by Gasteiger charge is -2.22. The van der Waals surface area contributed by atoms with Gasteiger partial charge in [0, 0.05) is 18.3 Å². The Morgan fingerprint density at radius 3 is 2.89 bits per heavy atom. The number of nitrogens with one attached hydrogen (secondary N) is 1. The molecule has 0 spiro atoms. The summed E-state index contributed by atoms with van der Waals surface area (Å²) in [5.41, 5.74) is 5.52. The molecule has 0 aliphatic heterocycles. The first-order valence-electron chi connectivity index (χ1n) is 6.47. The largest absolute Gasteiger partial charge is 0.481 e. The van der Waals surface area contributed by atoms with Crippen LogP contribution in [-0.2, 0) is 6.42 Å². The first-order valence-corrected chi connectivity index (χ1v) is 6.47. The molecule has 0 fully saturated rings. The number of nitrogens with two attached hydrogens (primary N) is 1. The summed E-state index contributed by atoms with van der Waals surface area (Å²) in [4.78, 5) is 4.22. The van der Waals surface area contributed by atoms with Crippen molar-refractivity contribution in [2.45, 2.75) is 38.1 Å². The Morgan fingerprint density at radius 2 is 2.33 bits per heavy atom. The summed E-state index contributed by atoms with van der Waals surface area (Å²) in [6, 6.07) is 4.15. The van der Waals surface area contributed by atoms with E-state index in [0.29, 0.717) is 5.88 Å². The van der Waals surface area contributed by atoms with Crippen LogP contribution in [-0.4, -0.2) is 18.1 Å². The fourth-order valence-corrected chi connectivity index (χ4v) is 2.36. The van der Waals surface area contributed by atoms with Crippen molar-refractivity contribution in [1.82, 2.24) is 10.4 Å². The first-order chi connectivity index (χ1) is 8.83. The minimum Gasteiger partial charge on any atom is -0.481 e. The first kappa shape index (κ1) is 13.1. The fraction of sp³-hybridized carbons (Fsp3) is 0.500. The van der Waals surface area contributed by atoms with Crippen LogP contribution in [0.4, 0.5) is 0 Å². The highest BCUT2D eigenvalue weighted by atomic mass is 16.5. The van der Waals surface area contributed by atoms with Crippen LogP contribution in [0, 0.1) is 0 Å². The van der Waals surface area contributed by atoms with Crippen LogP contribution in [0.2, 0.25) is 0 Å². The summed E-state index contributed by atoms with van der Waals surface area (Å²) in [6.45, 7) is 0. The van der Waals surface area contributed by atoms with Crippen molar-refractivity contribution in [3.63, 3.8) is 0 Å². The van der Waals surface area contributed by atoms with Gasteiger partial charge < -0.3 is 4.74 Å². The van der Waals surface area contributed by atoms with E-state index in [1.54, 1.807) is 7.11 Å². The normalized spacial score (nSPS) is 17.1. The SMILES string of the molecule is COc1ccc(CC(NN)C2=CCCCC2)cn1. The molecule has 98 valence electrons. The molecule has 1 atom stereocenters. The van der Waals surface area contributed by atoms with Crippen molar-refractivity contribution < 1.29 is 4.74 Å². The van der Waals surface area contributed by atoms with Gasteiger partial charge in [0.25, 0.3) is 0 Å². The van der Waals surface area contributed by atoms with E-state index in [0.717, 1.165) is 12.8 Å². The molecule has 0 bridgehead atoms. The zero-order chi connectivity index (χ0) is 12.8. The molecule has 1 unspecified atom stereocenters. The molecule has 0 saturated heterocycles. The van der Waals surface area contributed by atoms with Gasteiger partial charge in [-0.25, -0.2) is 4.98 Å². The molecule has 1 aliphatic carbocycles. The van der Waals surface area contributed by atoms with E-state index in [1.807, 2.05) is 18.3 Å². The molecule has 1 aliphatic rings. The summed E-state index contributed by atoms with van der Waals surface area (Å²) >= 11 is 0. The number of hydrogen-bond donors (Lipinski definition) is 2. The lowest BCUT2D eigenvalue weighted by Crippen LogP contribution is -2.38. The molecule has 0 radical (unpaired) electrons. The number of pyridine rings is 1. The average molecular weight is 247 g/mol. The summed E-state index contributed by atoms with van der Waals surface area (Å²) in [6.07, 6.45) is 9.94. The van der Waals surface area contributed by atoms with E-state index in [9.17, 15) is 0 Å². The maximum absolute atomic E-state index is 5.67. The number of allylic oxidation sites excluding steroid dienone is 1. The Hall–Kier alpha value is -1.39. The smallest absolute Gasteiger partial charge is 0.212 e. The van der Waals surface area contributed by atoms with Gasteiger partial charge in [-0.3, -0.25) is 11.3 Å². The third-order valence-corrected chi connectivity index (χ3v) is 3.42. The standard InChI is InChI=1S/C14H21N3O/c1-18-14-8-7-11(10-16-14)9-13(17-15)12-5-3-2-4-6-12/h5,7-8,10,13,17H,2-4,6,9,15H2,1H3. The van der Waals surface area contributed by atoms with Crippen molar-refractivity contribution in [2.24, 2.45) is 5.84 Å². The quantitative estimate of drug-likeness (QED) is 0.474. The predicted molar refractivity (Wildman–Crippen MR) is 72.2 cm³/mol. The van der Waals surface area contributed by atoms with Crippen molar-refractivity contribution in [1.29, 1.82) is 0 Å². The number of aromatic nitrogens is 1. The van der Waals surface area contributed by atoms with Gasteiger partial charge >= 0.3 is 0 Å². The topological polar surface area (TPSA) is 60.2 Å². The number of rotatable bonds is 5. The Morgan fingerprint density at radius 1 is 1.44 bits per heavy atom. The summed E-state index contributed by atoms with van der Waals surface area (Å²) in [5, 5.41) is 0. The number of hydrogen-bond acceptors (Lipinski definition) is 4. The van der Waals surface area contributed by atoms with Gasteiger partial charge in [0.05, 0.1) is 7.11 Å². The van der Waals surface area contributed by atoms with Gasteiger partial charge in [0.15, 0.2) is 0 Å². The van der Waals surface area contributed by atoms with Gasteiger partial charge in [-0.1, -0.05) is 17.7 Å². The Balaban J connectivity index is 2.02. The lowest BCUT2D eigenvalue weighted by molar-refractivity contribution is 0.397. The zero-order valence-electron chi connectivity index (χ0n) is 10.9. The van der Waals surface area contributed by atoms with E-state index in [1.165, 1.54) is 30.4 Å². The highest BCUT2D eigenvalue weighted by Crippen LogP contribution is 2.22. The molecule has 2 rings (SSSR count). The van der Waals surface area contributed by atoms with Crippen molar-refractivity contribution in [2.75, 3.05) is 7.11 Å². The van der Waals surface area contributed by atoms with Gasteiger partial charge in [-0.15, -0.1) is 0 Å². The van der Waals surface area contributed by atoms with Crippen molar-refractivity contribution in [3.8, 4) is 5.88 Å². The third-order valence-electron chi connectivity index (χ3n) is 3.42. The molecular weight excluding hydrogens is 226 g/mol. The minimum atomic E-state index is 0.223. The van der Waals surface area contributed by atoms with Crippen LogP contribution in [0.15, 0.2) is 30.0 Å². The maximum atomic E-state index is 5.67. The van der Waals surface area contributed by atoms with Crippen LogP contribution in [0.3, 0.4) is 0 Å². The molecule has 0 amide bonds. The maximum Gasteiger partial charge on any atom is 0.212 e. The number of nitrogens with zero attached hydrogens (tertiary/aromatic N) is 1. The minimum absolute atomic E-state index is 0.223. The monoisotopic (exact) mass is 247 g/mol. The van der Waals surface area contributed by atoms with Crippen LogP contribution in [0.5, 0.6) is 5.88 Å². The van der Waals surface area contributed by atoms with E-state index in [4.69, 9.17) is 10.6 Å². The molecule has 1 aromatic rings. The Labute approximate surface area is 108 Å². The molecule has 1 heterocycles. The Kier molecular flexibility index (Phi) is 4.73. The van der Waals surface area contributed by atoms with Crippen LogP contribution in [0.25, 0.3) is 0 Å². The molecular formula is C14H21N3O. The second kappa shape index (κ2) is 6.52. The van der Waals surface area contributed by atoms with E-state index < -0.39 is 0 Å². The van der Waals surface area contributed by atoms with E-state index in [-0.39, 0.29) is 6.04 Å².